The average molecular weight is 310 g/mol. The van der Waals surface area contributed by atoms with Crippen LogP contribution in [0.4, 0.5) is 0 Å². The SMILES string of the molecule is OC(c1ccccc1)(c1ccccc1)C1CCCC12OCCO2. The van der Waals surface area contributed by atoms with E-state index in [1.165, 1.54) is 0 Å². The van der Waals surface area contributed by atoms with Crippen LogP contribution < -0.4 is 0 Å². The molecule has 2 aliphatic rings. The van der Waals surface area contributed by atoms with E-state index in [2.05, 4.69) is 0 Å². The summed E-state index contributed by atoms with van der Waals surface area (Å²) in [6.07, 6.45) is 2.74. The summed E-state index contributed by atoms with van der Waals surface area (Å²) in [5.74, 6) is -0.761. The molecule has 2 aromatic rings. The van der Waals surface area contributed by atoms with Crippen molar-refractivity contribution >= 4 is 0 Å². The molecule has 0 amide bonds. The Bertz CT molecular complexity index is 602. The number of hydrogen-bond donors (Lipinski definition) is 1. The van der Waals surface area contributed by atoms with Gasteiger partial charge in [0, 0.05) is 6.42 Å². The van der Waals surface area contributed by atoms with Crippen LogP contribution in [0.1, 0.15) is 30.4 Å². The van der Waals surface area contributed by atoms with Crippen molar-refractivity contribution in [1.82, 2.24) is 0 Å². The number of rotatable bonds is 3. The van der Waals surface area contributed by atoms with Crippen LogP contribution in [-0.4, -0.2) is 24.1 Å². The molecule has 3 nitrogen and oxygen atoms in total. The highest BCUT2D eigenvalue weighted by atomic mass is 16.7. The van der Waals surface area contributed by atoms with E-state index in [1.807, 2.05) is 60.7 Å². The Morgan fingerprint density at radius 1 is 0.870 bits per heavy atom. The molecule has 1 saturated heterocycles. The van der Waals surface area contributed by atoms with Crippen molar-refractivity contribution in [1.29, 1.82) is 0 Å². The first-order valence-corrected chi connectivity index (χ1v) is 8.37. The maximum Gasteiger partial charge on any atom is 0.174 e. The van der Waals surface area contributed by atoms with Gasteiger partial charge in [0.25, 0.3) is 0 Å². The highest BCUT2D eigenvalue weighted by Gasteiger charge is 2.57. The topological polar surface area (TPSA) is 38.7 Å². The summed E-state index contributed by atoms with van der Waals surface area (Å²) in [6, 6.07) is 19.8. The Hall–Kier alpha value is -1.68. The van der Waals surface area contributed by atoms with Gasteiger partial charge in [-0.05, 0) is 24.0 Å². The van der Waals surface area contributed by atoms with E-state index in [4.69, 9.17) is 9.47 Å². The van der Waals surface area contributed by atoms with Crippen LogP contribution in [0.2, 0.25) is 0 Å². The molecule has 120 valence electrons. The van der Waals surface area contributed by atoms with Crippen molar-refractivity contribution in [2.24, 2.45) is 5.92 Å². The Morgan fingerprint density at radius 3 is 1.91 bits per heavy atom. The van der Waals surface area contributed by atoms with Crippen molar-refractivity contribution in [3.63, 3.8) is 0 Å². The second-order valence-corrected chi connectivity index (χ2v) is 6.45. The number of hydrogen-bond acceptors (Lipinski definition) is 3. The molecule has 3 heteroatoms. The average Bonchev–Trinajstić information content (AvgIpc) is 3.26. The van der Waals surface area contributed by atoms with Crippen molar-refractivity contribution in [2.45, 2.75) is 30.7 Å². The molecule has 1 heterocycles. The minimum absolute atomic E-state index is 0.109. The van der Waals surface area contributed by atoms with Crippen molar-refractivity contribution in [3.8, 4) is 0 Å². The van der Waals surface area contributed by atoms with Gasteiger partial charge in [-0.15, -0.1) is 0 Å². The first kappa shape index (κ1) is 14.9. The third kappa shape index (κ3) is 2.31. The zero-order valence-electron chi connectivity index (χ0n) is 13.2. The van der Waals surface area contributed by atoms with Crippen LogP contribution >= 0.6 is 0 Å². The lowest BCUT2D eigenvalue weighted by atomic mass is 9.73. The maximum absolute atomic E-state index is 11.9. The summed E-state index contributed by atoms with van der Waals surface area (Å²) >= 11 is 0. The zero-order valence-corrected chi connectivity index (χ0v) is 13.2. The van der Waals surface area contributed by atoms with Crippen molar-refractivity contribution in [2.75, 3.05) is 13.2 Å². The fourth-order valence-corrected chi connectivity index (χ4v) is 4.24. The van der Waals surface area contributed by atoms with Crippen LogP contribution in [0.5, 0.6) is 0 Å². The molecule has 2 aromatic carbocycles. The fourth-order valence-electron chi connectivity index (χ4n) is 4.24. The third-order valence-corrected chi connectivity index (χ3v) is 5.26. The molecule has 2 fully saturated rings. The quantitative estimate of drug-likeness (QED) is 0.943. The first-order valence-electron chi connectivity index (χ1n) is 8.37. The summed E-state index contributed by atoms with van der Waals surface area (Å²) < 4.78 is 12.0. The highest BCUT2D eigenvalue weighted by Crippen LogP contribution is 2.53. The molecule has 0 aromatic heterocycles. The van der Waals surface area contributed by atoms with Crippen molar-refractivity contribution in [3.05, 3.63) is 71.8 Å². The smallest absolute Gasteiger partial charge is 0.174 e. The Labute approximate surface area is 136 Å². The van der Waals surface area contributed by atoms with Gasteiger partial charge in [-0.1, -0.05) is 60.7 Å². The van der Waals surface area contributed by atoms with E-state index in [0.29, 0.717) is 13.2 Å². The highest BCUT2D eigenvalue weighted by molar-refractivity contribution is 5.38. The van der Waals surface area contributed by atoms with Crippen LogP contribution in [-0.2, 0) is 15.1 Å². The lowest BCUT2D eigenvalue weighted by molar-refractivity contribution is -0.218. The molecule has 1 spiro atoms. The predicted octanol–water partition coefficient (Wildman–Crippen LogP) is 3.47. The van der Waals surface area contributed by atoms with Gasteiger partial charge in [0.15, 0.2) is 5.79 Å². The molecule has 1 saturated carbocycles. The number of benzene rings is 2. The van der Waals surface area contributed by atoms with E-state index in [1.54, 1.807) is 0 Å². The zero-order chi connectivity index (χ0) is 15.8. The van der Waals surface area contributed by atoms with Crippen LogP contribution in [0.3, 0.4) is 0 Å². The standard InChI is InChI=1S/C20H22O3/c21-20(16-8-3-1-4-9-16,17-10-5-2-6-11-17)18-12-7-13-19(18)22-14-15-23-19/h1-6,8-11,18,21H,7,12-15H2. The molecule has 4 rings (SSSR count). The minimum Gasteiger partial charge on any atom is -0.380 e. The molecular formula is C20H22O3. The minimum atomic E-state index is -1.11. The third-order valence-electron chi connectivity index (χ3n) is 5.26. The van der Waals surface area contributed by atoms with Gasteiger partial charge in [0.2, 0.25) is 0 Å². The Balaban J connectivity index is 1.86. The van der Waals surface area contributed by atoms with Gasteiger partial charge in [0.1, 0.15) is 5.60 Å². The Kier molecular flexibility index (Phi) is 3.72. The van der Waals surface area contributed by atoms with Crippen LogP contribution in [0, 0.1) is 5.92 Å². The van der Waals surface area contributed by atoms with Gasteiger partial charge in [-0.3, -0.25) is 0 Å². The van der Waals surface area contributed by atoms with E-state index in [-0.39, 0.29) is 5.92 Å². The lowest BCUT2D eigenvalue weighted by Crippen LogP contribution is -2.48. The van der Waals surface area contributed by atoms with Crippen LogP contribution in [0.25, 0.3) is 0 Å². The van der Waals surface area contributed by atoms with Gasteiger partial charge in [-0.2, -0.15) is 0 Å². The molecule has 1 atom stereocenters. The molecule has 1 unspecified atom stereocenters. The Morgan fingerprint density at radius 2 is 1.39 bits per heavy atom. The summed E-state index contributed by atoms with van der Waals surface area (Å²) in [5, 5.41) is 11.9. The molecule has 0 bridgehead atoms. The van der Waals surface area contributed by atoms with E-state index in [9.17, 15) is 5.11 Å². The molecule has 0 radical (unpaired) electrons. The van der Waals surface area contributed by atoms with Crippen molar-refractivity contribution < 1.29 is 14.6 Å². The monoisotopic (exact) mass is 310 g/mol. The molecule has 23 heavy (non-hydrogen) atoms. The van der Waals surface area contributed by atoms with Gasteiger partial charge in [0.05, 0.1) is 19.1 Å². The van der Waals surface area contributed by atoms with E-state index in [0.717, 1.165) is 30.4 Å². The second-order valence-electron chi connectivity index (χ2n) is 6.45. The molecule has 1 N–H and O–H groups in total. The fraction of sp³-hybridized carbons (Fsp3) is 0.400. The number of aliphatic hydroxyl groups is 1. The first-order chi connectivity index (χ1) is 11.3. The summed E-state index contributed by atoms with van der Waals surface area (Å²) in [5.41, 5.74) is 0.691. The van der Waals surface area contributed by atoms with Gasteiger partial charge >= 0.3 is 0 Å². The second kappa shape index (κ2) is 5.75. The van der Waals surface area contributed by atoms with E-state index >= 15 is 0 Å². The molecular weight excluding hydrogens is 288 g/mol. The molecule has 1 aliphatic carbocycles. The largest absolute Gasteiger partial charge is 0.380 e. The lowest BCUT2D eigenvalue weighted by Gasteiger charge is -2.42. The predicted molar refractivity (Wildman–Crippen MR) is 87.9 cm³/mol. The summed E-state index contributed by atoms with van der Waals surface area (Å²) in [4.78, 5) is 0. The number of ether oxygens (including phenoxy) is 2. The van der Waals surface area contributed by atoms with Crippen LogP contribution in [0.15, 0.2) is 60.7 Å². The maximum atomic E-state index is 11.9. The molecule has 1 aliphatic heterocycles. The van der Waals surface area contributed by atoms with Gasteiger partial charge < -0.3 is 14.6 Å². The summed E-state index contributed by atoms with van der Waals surface area (Å²) in [7, 11) is 0. The van der Waals surface area contributed by atoms with E-state index < -0.39 is 11.4 Å². The normalized spacial score (nSPS) is 23.4. The summed E-state index contributed by atoms with van der Waals surface area (Å²) in [6.45, 7) is 1.21. The van der Waals surface area contributed by atoms with Gasteiger partial charge in [-0.25, -0.2) is 0 Å².